The van der Waals surface area contributed by atoms with Gasteiger partial charge >= 0.3 is 0 Å². The summed E-state index contributed by atoms with van der Waals surface area (Å²) >= 11 is 0. The predicted molar refractivity (Wildman–Crippen MR) is 395 cm³/mol. The van der Waals surface area contributed by atoms with E-state index in [-0.39, 0.29) is 17.3 Å². The van der Waals surface area contributed by atoms with Crippen molar-refractivity contribution in [3.63, 3.8) is 0 Å². The molecule has 100 heavy (non-hydrogen) atoms. The highest BCUT2D eigenvalue weighted by molar-refractivity contribution is 6.10. The molecule has 0 unspecified atom stereocenters. The molecule has 0 fully saturated rings. The molecule has 9 nitrogen and oxygen atoms in total. The van der Waals surface area contributed by atoms with Gasteiger partial charge in [-0.2, -0.15) is 0 Å². The van der Waals surface area contributed by atoms with Crippen LogP contribution in [-0.2, 0) is 0 Å². The van der Waals surface area contributed by atoms with E-state index in [2.05, 4.69) is 35.5 Å². The Balaban J connectivity index is 0.000000181. The van der Waals surface area contributed by atoms with E-state index in [1.54, 1.807) is 105 Å². The number of ketones is 3. The maximum Gasteiger partial charge on any atom is 0.193 e. The molecule has 0 aliphatic carbocycles. The van der Waals surface area contributed by atoms with Crippen molar-refractivity contribution in [1.82, 2.24) is 0 Å². The number of ether oxygens (including phenoxy) is 6. The number of aryl methyl sites for hydroxylation is 2. The first-order valence-corrected chi connectivity index (χ1v) is 32.1. The number of hydrogen-bond acceptors (Lipinski definition) is 9. The molecule has 0 bridgehead atoms. The monoisotopic (exact) mass is 1300 g/mol. The highest BCUT2D eigenvalue weighted by Gasteiger charge is 2.14. The normalized spacial score (nSPS) is 10.1. The second-order valence-corrected chi connectivity index (χ2v) is 22.7. The molecule has 484 valence electrons. The van der Waals surface area contributed by atoms with Gasteiger partial charge in [0.15, 0.2) is 17.3 Å². The fraction of sp³-hybridized carbons (Fsp3) is 0.0440. The van der Waals surface area contributed by atoms with Gasteiger partial charge in [-0.25, -0.2) is 0 Å². The zero-order valence-electron chi connectivity index (χ0n) is 55.4. The molecule has 13 aromatic carbocycles. The lowest BCUT2D eigenvalue weighted by Gasteiger charge is -2.10. The number of rotatable bonds is 16. The maximum atomic E-state index is 13.3. The summed E-state index contributed by atoms with van der Waals surface area (Å²) in [7, 11) is 3.29. The first-order valence-electron chi connectivity index (χ1n) is 32.1. The molecule has 0 heterocycles. The molecule has 0 spiro atoms. The van der Waals surface area contributed by atoms with Crippen molar-refractivity contribution in [2.75, 3.05) is 14.2 Å². The van der Waals surface area contributed by atoms with E-state index in [9.17, 15) is 14.4 Å². The highest BCUT2D eigenvalue weighted by atomic mass is 16.5. The van der Waals surface area contributed by atoms with Crippen LogP contribution in [0.15, 0.2) is 328 Å². The lowest BCUT2D eigenvalue weighted by Crippen LogP contribution is -2.01. The van der Waals surface area contributed by atoms with Gasteiger partial charge < -0.3 is 28.4 Å². The van der Waals surface area contributed by atoms with E-state index >= 15 is 0 Å². The molecule has 13 aromatic rings. The minimum Gasteiger partial charge on any atom is -0.497 e. The van der Waals surface area contributed by atoms with Crippen molar-refractivity contribution in [1.29, 1.82) is 0 Å². The molecule has 0 aliphatic rings. The fourth-order valence-corrected chi connectivity index (χ4v) is 9.91. The molecular formula is C91H66O9. The standard InChI is InChI=1S/C48H34O6.C28H20O2.C15H12O/c1-33-12-16-36(17-13-33)47(49)37-20-26-41(27-21-37)53-45-10-5-11-46(32-45)54-42-28-22-39(23-29-42)48(50)38-18-24-40(25-19-38)52-44-9-4-7-35(31-44)15-14-34-6-3-8-43(30-34)51-2;1-21-10-14-24(15-11-21)28(29)25-16-18-26(19-17-25)30-27-9-5-8-23(20-27)13-12-22-6-3-2-4-7-22;1-16-15-9-5-8-14(12-15)11-10-13-6-3-2-4-7-13/h3-13,16-32H,1-2H3;2-11,14-20H,1H3;2-9,12H,1H3. The molecule has 13 rings (SSSR count). The summed E-state index contributed by atoms with van der Waals surface area (Å²) in [4.78, 5) is 38.7. The Labute approximate surface area is 583 Å². The van der Waals surface area contributed by atoms with Gasteiger partial charge in [0.05, 0.1) is 14.2 Å². The van der Waals surface area contributed by atoms with Crippen LogP contribution in [0.25, 0.3) is 0 Å². The Morgan fingerprint density at radius 3 is 0.690 bits per heavy atom. The van der Waals surface area contributed by atoms with Crippen molar-refractivity contribution in [3.05, 3.63) is 405 Å². The van der Waals surface area contributed by atoms with Crippen LogP contribution in [0.1, 0.15) is 92.3 Å². The molecule has 0 radical (unpaired) electrons. The average Bonchev–Trinajstić information content (AvgIpc) is 0.892. The van der Waals surface area contributed by atoms with Crippen molar-refractivity contribution in [3.8, 4) is 93.0 Å². The second-order valence-electron chi connectivity index (χ2n) is 22.7. The summed E-state index contributed by atoms with van der Waals surface area (Å²) in [6, 6.07) is 101. The third-order valence-electron chi connectivity index (χ3n) is 15.3. The van der Waals surface area contributed by atoms with Crippen LogP contribution in [0.4, 0.5) is 0 Å². The molecule has 0 amide bonds. The quantitative estimate of drug-likeness (QED) is 0.0690. The molecular weight excluding hydrogens is 1240 g/mol. The Kier molecular flexibility index (Phi) is 23.1. The van der Waals surface area contributed by atoms with E-state index in [0.29, 0.717) is 79.4 Å². The van der Waals surface area contributed by atoms with Crippen LogP contribution in [0.2, 0.25) is 0 Å². The van der Waals surface area contributed by atoms with Gasteiger partial charge in [0.1, 0.15) is 57.5 Å². The predicted octanol–water partition coefficient (Wildman–Crippen LogP) is 20.8. The van der Waals surface area contributed by atoms with Gasteiger partial charge in [-0.05, 0) is 220 Å². The average molecular weight is 1300 g/mol. The third kappa shape index (κ3) is 20.0. The summed E-state index contributed by atoms with van der Waals surface area (Å²) in [5.74, 6) is 25.2. The van der Waals surface area contributed by atoms with Crippen molar-refractivity contribution >= 4 is 17.3 Å². The Morgan fingerprint density at radius 2 is 0.420 bits per heavy atom. The van der Waals surface area contributed by atoms with Gasteiger partial charge in [-0.3, -0.25) is 14.4 Å². The van der Waals surface area contributed by atoms with E-state index in [1.165, 1.54) is 0 Å². The number of carbonyl (C=O) groups excluding carboxylic acids is 3. The third-order valence-corrected chi connectivity index (χ3v) is 15.3. The summed E-state index contributed by atoms with van der Waals surface area (Å²) in [5, 5.41) is 0. The first kappa shape index (κ1) is 67.8. The smallest absolute Gasteiger partial charge is 0.193 e. The Hall–Kier alpha value is -13.7. The Bertz CT molecular complexity index is 5130. The fourth-order valence-electron chi connectivity index (χ4n) is 9.91. The van der Waals surface area contributed by atoms with E-state index in [4.69, 9.17) is 28.4 Å². The van der Waals surface area contributed by atoms with Crippen LogP contribution in [0.3, 0.4) is 0 Å². The van der Waals surface area contributed by atoms with Crippen LogP contribution in [-0.4, -0.2) is 31.6 Å². The van der Waals surface area contributed by atoms with Gasteiger partial charge in [-0.1, -0.05) is 162 Å². The van der Waals surface area contributed by atoms with Gasteiger partial charge in [0.2, 0.25) is 0 Å². The zero-order chi connectivity index (χ0) is 69.3. The number of carbonyl (C=O) groups is 3. The van der Waals surface area contributed by atoms with Crippen LogP contribution < -0.4 is 28.4 Å². The minimum atomic E-state index is -0.120. The summed E-state index contributed by atoms with van der Waals surface area (Å²) in [5.41, 5.74) is 11.3. The van der Waals surface area contributed by atoms with E-state index in [1.807, 2.05) is 250 Å². The topological polar surface area (TPSA) is 107 Å². The summed E-state index contributed by atoms with van der Waals surface area (Å²) in [6.07, 6.45) is 0. The first-order chi connectivity index (χ1) is 48.9. The summed E-state index contributed by atoms with van der Waals surface area (Å²) in [6.45, 7) is 3.99. The second kappa shape index (κ2) is 34.1. The number of hydrogen-bond donors (Lipinski definition) is 0. The molecule has 0 aliphatic heterocycles. The minimum absolute atomic E-state index is 0.000247. The molecule has 9 heteroatoms. The molecule has 0 N–H and O–H groups in total. The Morgan fingerprint density at radius 1 is 0.210 bits per heavy atom. The van der Waals surface area contributed by atoms with Gasteiger partial charge in [0, 0.05) is 72.8 Å². The van der Waals surface area contributed by atoms with Crippen LogP contribution in [0.5, 0.6) is 57.5 Å². The largest absolute Gasteiger partial charge is 0.497 e. The lowest BCUT2D eigenvalue weighted by atomic mass is 10.0. The maximum absolute atomic E-state index is 13.3. The summed E-state index contributed by atoms with van der Waals surface area (Å²) < 4.78 is 34.5. The lowest BCUT2D eigenvalue weighted by molar-refractivity contribution is 0.103. The number of methoxy groups -OCH3 is 2. The van der Waals surface area contributed by atoms with Crippen LogP contribution >= 0.6 is 0 Å². The molecule has 0 aromatic heterocycles. The molecule has 0 saturated carbocycles. The van der Waals surface area contributed by atoms with Crippen LogP contribution in [0, 0.1) is 49.4 Å². The molecule has 0 atom stereocenters. The SMILES string of the molecule is COc1cccc(C#Cc2cccc(Oc3ccc(C(=O)c4ccc(Oc5cccc(Oc6ccc(C(=O)c7ccc(C)cc7)cc6)c5)cc4)cc3)c2)c1.COc1cccc(C#Cc2ccccc2)c1.Cc1ccc(C(=O)c2ccc(Oc3cccc(C#Cc4ccccc4)c3)cc2)cc1. The van der Waals surface area contributed by atoms with E-state index < -0.39 is 0 Å². The zero-order valence-corrected chi connectivity index (χ0v) is 55.4. The molecule has 0 saturated heterocycles. The highest BCUT2D eigenvalue weighted by Crippen LogP contribution is 2.31. The van der Waals surface area contributed by atoms with Crippen molar-refractivity contribution < 1.29 is 42.8 Å². The van der Waals surface area contributed by atoms with Crippen molar-refractivity contribution in [2.45, 2.75) is 13.8 Å². The van der Waals surface area contributed by atoms with Crippen molar-refractivity contribution in [2.24, 2.45) is 0 Å². The van der Waals surface area contributed by atoms with E-state index in [0.717, 1.165) is 56.0 Å². The van der Waals surface area contributed by atoms with Gasteiger partial charge in [-0.15, -0.1) is 0 Å². The number of benzene rings is 13. The van der Waals surface area contributed by atoms with Gasteiger partial charge in [0.25, 0.3) is 0 Å².